The molecular formula is C11H8BrN3O. The highest BCUT2D eigenvalue weighted by Crippen LogP contribution is 2.16. The molecule has 2 heterocycles. The molecule has 0 unspecified atom stereocenters. The molecule has 2 rings (SSSR count). The molecule has 0 aliphatic rings. The van der Waals surface area contributed by atoms with Crippen LogP contribution in [0.15, 0.2) is 41.3 Å². The molecule has 4 nitrogen and oxygen atoms in total. The topological polar surface area (TPSA) is 68.9 Å². The van der Waals surface area contributed by atoms with Crippen LogP contribution in [0.4, 0.5) is 5.82 Å². The number of nitrogens with two attached hydrogens (primary N) is 1. The summed E-state index contributed by atoms with van der Waals surface area (Å²) in [5.41, 5.74) is 6.50. The summed E-state index contributed by atoms with van der Waals surface area (Å²) < 4.78 is 0.751. The molecule has 5 heteroatoms. The highest BCUT2D eigenvalue weighted by atomic mass is 79.9. The van der Waals surface area contributed by atoms with Crippen LogP contribution in [0.1, 0.15) is 15.9 Å². The molecular weight excluding hydrogens is 270 g/mol. The van der Waals surface area contributed by atoms with Crippen LogP contribution >= 0.6 is 15.9 Å². The van der Waals surface area contributed by atoms with E-state index < -0.39 is 0 Å². The second kappa shape index (κ2) is 4.40. The van der Waals surface area contributed by atoms with Gasteiger partial charge in [-0.2, -0.15) is 0 Å². The minimum atomic E-state index is -0.181. The zero-order valence-electron chi connectivity index (χ0n) is 8.22. The van der Waals surface area contributed by atoms with Gasteiger partial charge in [-0.3, -0.25) is 9.78 Å². The molecule has 2 N–H and O–H groups in total. The van der Waals surface area contributed by atoms with Crippen molar-refractivity contribution in [1.82, 2.24) is 9.97 Å². The van der Waals surface area contributed by atoms with E-state index in [0.29, 0.717) is 11.1 Å². The molecule has 0 spiro atoms. The van der Waals surface area contributed by atoms with E-state index in [2.05, 4.69) is 25.9 Å². The van der Waals surface area contributed by atoms with Gasteiger partial charge in [0.05, 0.1) is 5.56 Å². The van der Waals surface area contributed by atoms with Crippen molar-refractivity contribution in [3.8, 4) is 0 Å². The largest absolute Gasteiger partial charge is 0.383 e. The maximum Gasteiger partial charge on any atom is 0.198 e. The quantitative estimate of drug-likeness (QED) is 0.853. The lowest BCUT2D eigenvalue weighted by molar-refractivity contribution is 0.103. The van der Waals surface area contributed by atoms with Crippen molar-refractivity contribution in [2.75, 3.05) is 5.73 Å². The molecule has 16 heavy (non-hydrogen) atoms. The number of aromatic nitrogens is 2. The van der Waals surface area contributed by atoms with E-state index >= 15 is 0 Å². The van der Waals surface area contributed by atoms with Gasteiger partial charge in [0.2, 0.25) is 0 Å². The number of anilines is 1. The van der Waals surface area contributed by atoms with Gasteiger partial charge in [-0.1, -0.05) is 0 Å². The van der Waals surface area contributed by atoms with E-state index in [1.165, 1.54) is 6.20 Å². The van der Waals surface area contributed by atoms with E-state index in [1.807, 2.05) is 0 Å². The van der Waals surface area contributed by atoms with Gasteiger partial charge in [-0.25, -0.2) is 4.98 Å². The number of pyridine rings is 2. The summed E-state index contributed by atoms with van der Waals surface area (Å²) >= 11 is 3.26. The Hall–Kier alpha value is -1.75. The van der Waals surface area contributed by atoms with Gasteiger partial charge in [-0.05, 0) is 34.1 Å². The number of hydrogen-bond acceptors (Lipinski definition) is 4. The minimum absolute atomic E-state index is 0.181. The van der Waals surface area contributed by atoms with Gasteiger partial charge in [0.15, 0.2) is 5.78 Å². The first-order chi connectivity index (χ1) is 7.68. The highest BCUT2D eigenvalue weighted by molar-refractivity contribution is 9.10. The Morgan fingerprint density at radius 1 is 1.38 bits per heavy atom. The molecule has 0 fully saturated rings. The molecule has 0 amide bonds. The normalized spacial score (nSPS) is 10.1. The number of rotatable bonds is 2. The molecule has 0 aliphatic carbocycles. The molecule has 0 radical (unpaired) electrons. The van der Waals surface area contributed by atoms with Crippen molar-refractivity contribution in [3.05, 3.63) is 52.4 Å². The highest BCUT2D eigenvalue weighted by Gasteiger charge is 2.12. The molecule has 0 saturated heterocycles. The Labute approximate surface area is 101 Å². The fraction of sp³-hybridized carbons (Fsp3) is 0. The summed E-state index contributed by atoms with van der Waals surface area (Å²) in [6.07, 6.45) is 4.66. The van der Waals surface area contributed by atoms with Crippen LogP contribution in [-0.4, -0.2) is 15.8 Å². The lowest BCUT2D eigenvalue weighted by Gasteiger charge is -2.03. The van der Waals surface area contributed by atoms with Crippen LogP contribution in [0.5, 0.6) is 0 Å². The van der Waals surface area contributed by atoms with Crippen molar-refractivity contribution >= 4 is 27.5 Å². The lowest BCUT2D eigenvalue weighted by Crippen LogP contribution is -2.06. The Morgan fingerprint density at radius 2 is 2.19 bits per heavy atom. The van der Waals surface area contributed by atoms with Crippen LogP contribution in [0.2, 0.25) is 0 Å². The monoisotopic (exact) mass is 277 g/mol. The number of nitrogens with zero attached hydrogens (tertiary/aromatic N) is 2. The number of hydrogen-bond donors (Lipinski definition) is 1. The van der Waals surface area contributed by atoms with Crippen LogP contribution < -0.4 is 5.73 Å². The third-order valence-electron chi connectivity index (χ3n) is 2.05. The van der Waals surface area contributed by atoms with Gasteiger partial charge in [0.1, 0.15) is 5.82 Å². The summed E-state index contributed by atoms with van der Waals surface area (Å²) in [5.74, 6) is 0.0480. The fourth-order valence-electron chi connectivity index (χ4n) is 1.30. The molecule has 0 aliphatic heterocycles. The first-order valence-corrected chi connectivity index (χ1v) is 5.33. The number of carbonyl (C=O) groups excluding carboxylic acids is 1. The third kappa shape index (κ3) is 2.09. The lowest BCUT2D eigenvalue weighted by atomic mass is 10.1. The standard InChI is InChI=1S/C11H8BrN3O/c12-8-4-7(5-14-6-8)10(16)9-2-1-3-15-11(9)13/h1-6H,(H2,13,15). The predicted octanol–water partition coefficient (Wildman–Crippen LogP) is 2.05. The van der Waals surface area contributed by atoms with Gasteiger partial charge in [-0.15, -0.1) is 0 Å². The van der Waals surface area contributed by atoms with E-state index in [0.717, 1.165) is 4.47 Å². The summed E-state index contributed by atoms with van der Waals surface area (Å²) in [6.45, 7) is 0. The molecule has 2 aromatic heterocycles. The van der Waals surface area contributed by atoms with Crippen LogP contribution in [-0.2, 0) is 0 Å². The number of carbonyl (C=O) groups is 1. The van der Waals surface area contributed by atoms with Crippen LogP contribution in [0, 0.1) is 0 Å². The van der Waals surface area contributed by atoms with E-state index in [-0.39, 0.29) is 11.6 Å². The summed E-state index contributed by atoms with van der Waals surface area (Å²) in [7, 11) is 0. The smallest absolute Gasteiger partial charge is 0.198 e. The summed E-state index contributed by atoms with van der Waals surface area (Å²) in [6, 6.07) is 5.02. The predicted molar refractivity (Wildman–Crippen MR) is 64.0 cm³/mol. The van der Waals surface area contributed by atoms with Crippen LogP contribution in [0.3, 0.4) is 0 Å². The van der Waals surface area contributed by atoms with Crippen LogP contribution in [0.25, 0.3) is 0 Å². The Balaban J connectivity index is 2.44. The van der Waals surface area contributed by atoms with Crippen molar-refractivity contribution in [2.24, 2.45) is 0 Å². The van der Waals surface area contributed by atoms with E-state index in [4.69, 9.17) is 5.73 Å². The maximum atomic E-state index is 12.0. The Kier molecular flexibility index (Phi) is 2.96. The van der Waals surface area contributed by atoms with Gasteiger partial charge in [0.25, 0.3) is 0 Å². The number of halogens is 1. The minimum Gasteiger partial charge on any atom is -0.383 e. The first-order valence-electron chi connectivity index (χ1n) is 4.54. The third-order valence-corrected chi connectivity index (χ3v) is 2.48. The zero-order chi connectivity index (χ0) is 11.5. The van der Waals surface area contributed by atoms with Crippen molar-refractivity contribution in [2.45, 2.75) is 0 Å². The van der Waals surface area contributed by atoms with Crippen molar-refractivity contribution < 1.29 is 4.79 Å². The molecule has 2 aromatic rings. The molecule has 0 saturated carbocycles. The fourth-order valence-corrected chi connectivity index (χ4v) is 1.67. The average molecular weight is 278 g/mol. The SMILES string of the molecule is Nc1ncccc1C(=O)c1cncc(Br)c1. The van der Waals surface area contributed by atoms with Gasteiger partial charge in [0, 0.05) is 28.6 Å². The second-order valence-electron chi connectivity index (χ2n) is 3.16. The first kappa shape index (κ1) is 10.8. The van der Waals surface area contributed by atoms with Crippen molar-refractivity contribution in [3.63, 3.8) is 0 Å². The molecule has 0 bridgehead atoms. The molecule has 0 aromatic carbocycles. The second-order valence-corrected chi connectivity index (χ2v) is 4.07. The van der Waals surface area contributed by atoms with E-state index in [1.54, 1.807) is 30.6 Å². The number of ketones is 1. The summed E-state index contributed by atoms with van der Waals surface area (Å²) in [5, 5.41) is 0. The Bertz CT molecular complexity index is 542. The number of nitrogen functional groups attached to an aromatic ring is 1. The van der Waals surface area contributed by atoms with Gasteiger partial charge < -0.3 is 5.73 Å². The van der Waals surface area contributed by atoms with E-state index in [9.17, 15) is 4.79 Å². The maximum absolute atomic E-state index is 12.0. The van der Waals surface area contributed by atoms with Gasteiger partial charge >= 0.3 is 0 Å². The Morgan fingerprint density at radius 3 is 2.88 bits per heavy atom. The molecule has 80 valence electrons. The molecule has 0 atom stereocenters. The van der Waals surface area contributed by atoms with Crippen molar-refractivity contribution in [1.29, 1.82) is 0 Å². The summed E-state index contributed by atoms with van der Waals surface area (Å²) in [4.78, 5) is 19.8. The zero-order valence-corrected chi connectivity index (χ0v) is 9.81. The average Bonchev–Trinajstić information content (AvgIpc) is 2.29.